The van der Waals surface area contributed by atoms with Gasteiger partial charge in [0.25, 0.3) is 0 Å². The number of hydrogen-bond acceptors (Lipinski definition) is 6. The molecule has 126 valence electrons. The first-order valence-electron chi connectivity index (χ1n) is 7.99. The molecule has 8 nitrogen and oxygen atoms in total. The standard InChI is InChI=1S/C16H19N5O3/c1-11-10-24-15-6-13-14(8-17-15)19-20-16(13)12-7-18-21(9-12)2-3-22-4-5-23-11/h6-9,11H,2-5,10H2,1H3,(H,19,20)/t11-/m0/s1. The molecule has 3 aromatic rings. The maximum Gasteiger partial charge on any atom is 0.214 e. The van der Waals surface area contributed by atoms with E-state index in [0.717, 1.165) is 22.2 Å². The van der Waals surface area contributed by atoms with E-state index in [1.54, 1.807) is 12.4 Å². The summed E-state index contributed by atoms with van der Waals surface area (Å²) in [5, 5.41) is 12.7. The zero-order valence-corrected chi connectivity index (χ0v) is 13.4. The second-order valence-electron chi connectivity index (χ2n) is 5.74. The third-order valence-corrected chi connectivity index (χ3v) is 3.89. The summed E-state index contributed by atoms with van der Waals surface area (Å²) in [4.78, 5) is 4.30. The number of rotatable bonds is 0. The van der Waals surface area contributed by atoms with Crippen molar-refractivity contribution in [2.45, 2.75) is 19.6 Å². The van der Waals surface area contributed by atoms with Crippen LogP contribution in [0.1, 0.15) is 6.92 Å². The highest BCUT2D eigenvalue weighted by Gasteiger charge is 2.13. The molecule has 0 aliphatic carbocycles. The smallest absolute Gasteiger partial charge is 0.214 e. The zero-order chi connectivity index (χ0) is 16.4. The van der Waals surface area contributed by atoms with Crippen LogP contribution in [-0.4, -0.2) is 57.5 Å². The molecule has 4 rings (SSSR count). The molecule has 0 saturated carbocycles. The third-order valence-electron chi connectivity index (χ3n) is 3.89. The Bertz CT molecular complexity index is 828. The summed E-state index contributed by atoms with van der Waals surface area (Å²) in [6, 6.07) is 1.90. The van der Waals surface area contributed by atoms with Crippen molar-refractivity contribution >= 4 is 10.9 Å². The van der Waals surface area contributed by atoms with Crippen LogP contribution in [0.2, 0.25) is 0 Å². The lowest BCUT2D eigenvalue weighted by atomic mass is 10.2. The number of pyridine rings is 1. The van der Waals surface area contributed by atoms with E-state index in [9.17, 15) is 0 Å². The molecule has 24 heavy (non-hydrogen) atoms. The zero-order valence-electron chi connectivity index (χ0n) is 13.4. The SMILES string of the molecule is C[C@H]1COc2cc3c(n[nH]c3cn2)-c2cnn(c2)CCOCCO1. The lowest BCUT2D eigenvalue weighted by Gasteiger charge is -2.14. The summed E-state index contributed by atoms with van der Waals surface area (Å²) < 4.78 is 18.8. The molecule has 0 spiro atoms. The highest BCUT2D eigenvalue weighted by Crippen LogP contribution is 2.27. The van der Waals surface area contributed by atoms with Crippen molar-refractivity contribution in [3.05, 3.63) is 24.7 Å². The van der Waals surface area contributed by atoms with Crippen molar-refractivity contribution in [3.8, 4) is 17.1 Å². The molecule has 1 aliphatic rings. The Morgan fingerprint density at radius 1 is 1.25 bits per heavy atom. The van der Waals surface area contributed by atoms with E-state index >= 15 is 0 Å². The molecule has 1 aliphatic heterocycles. The first kappa shape index (κ1) is 15.1. The fourth-order valence-electron chi connectivity index (χ4n) is 2.62. The maximum absolute atomic E-state index is 5.75. The molecule has 0 fully saturated rings. The molecule has 4 bridgehead atoms. The number of ether oxygens (including phenoxy) is 3. The van der Waals surface area contributed by atoms with Gasteiger partial charge in [-0.3, -0.25) is 9.78 Å². The van der Waals surface area contributed by atoms with Gasteiger partial charge in [-0.05, 0) is 6.92 Å². The normalized spacial score (nSPS) is 19.5. The summed E-state index contributed by atoms with van der Waals surface area (Å²) in [5.41, 5.74) is 2.64. The van der Waals surface area contributed by atoms with Crippen LogP contribution in [0.25, 0.3) is 22.2 Å². The van der Waals surface area contributed by atoms with Gasteiger partial charge < -0.3 is 14.2 Å². The van der Waals surface area contributed by atoms with Crippen molar-refractivity contribution in [2.24, 2.45) is 0 Å². The average Bonchev–Trinajstić information content (AvgIpc) is 3.21. The Balaban J connectivity index is 1.69. The van der Waals surface area contributed by atoms with Crippen LogP contribution in [0.15, 0.2) is 24.7 Å². The number of nitrogens with zero attached hydrogens (tertiary/aromatic N) is 4. The number of hydrogen-bond donors (Lipinski definition) is 1. The third kappa shape index (κ3) is 3.10. The van der Waals surface area contributed by atoms with Crippen LogP contribution in [0, 0.1) is 0 Å². The van der Waals surface area contributed by atoms with Crippen molar-refractivity contribution in [3.63, 3.8) is 0 Å². The van der Waals surface area contributed by atoms with Gasteiger partial charge in [0.1, 0.15) is 12.3 Å². The number of H-pyrrole nitrogens is 1. The van der Waals surface area contributed by atoms with Gasteiger partial charge in [-0.2, -0.15) is 10.2 Å². The summed E-state index contributed by atoms with van der Waals surface area (Å²) in [6.07, 6.45) is 5.46. The van der Waals surface area contributed by atoms with Crippen molar-refractivity contribution in [1.29, 1.82) is 0 Å². The molecule has 0 unspecified atom stereocenters. The van der Waals surface area contributed by atoms with E-state index < -0.39 is 0 Å². The van der Waals surface area contributed by atoms with E-state index in [2.05, 4.69) is 20.3 Å². The molecule has 1 atom stereocenters. The van der Waals surface area contributed by atoms with Gasteiger partial charge in [-0.15, -0.1) is 0 Å². The minimum atomic E-state index is -0.0335. The van der Waals surface area contributed by atoms with Crippen LogP contribution >= 0.6 is 0 Å². The largest absolute Gasteiger partial charge is 0.475 e. The first-order chi connectivity index (χ1) is 11.8. The van der Waals surface area contributed by atoms with E-state index in [0.29, 0.717) is 38.9 Å². The summed E-state index contributed by atoms with van der Waals surface area (Å²) in [5.74, 6) is 0.552. The highest BCUT2D eigenvalue weighted by atomic mass is 16.6. The number of fused-ring (bicyclic) bond motifs is 4. The second kappa shape index (κ2) is 6.58. The monoisotopic (exact) mass is 329 g/mol. The van der Waals surface area contributed by atoms with Crippen LogP contribution in [-0.2, 0) is 16.0 Å². The van der Waals surface area contributed by atoms with E-state index in [4.69, 9.17) is 14.2 Å². The van der Waals surface area contributed by atoms with Crippen LogP contribution in [0.5, 0.6) is 5.88 Å². The lowest BCUT2D eigenvalue weighted by molar-refractivity contribution is -0.00791. The Morgan fingerprint density at radius 3 is 3.17 bits per heavy atom. The van der Waals surface area contributed by atoms with Crippen molar-refractivity contribution < 1.29 is 14.2 Å². The molecule has 8 heteroatoms. The van der Waals surface area contributed by atoms with E-state index in [1.807, 2.05) is 23.9 Å². The quantitative estimate of drug-likeness (QED) is 0.674. The van der Waals surface area contributed by atoms with Gasteiger partial charge in [0, 0.05) is 23.2 Å². The molecule has 3 aromatic heterocycles. The summed E-state index contributed by atoms with van der Waals surface area (Å²) >= 11 is 0. The lowest BCUT2D eigenvalue weighted by Crippen LogP contribution is -2.21. The van der Waals surface area contributed by atoms with Crippen LogP contribution in [0.4, 0.5) is 0 Å². The average molecular weight is 329 g/mol. The molecular formula is C16H19N5O3. The minimum absolute atomic E-state index is 0.0335. The fraction of sp³-hybridized carbons (Fsp3) is 0.438. The van der Waals surface area contributed by atoms with Gasteiger partial charge in [0.15, 0.2) is 0 Å². The number of nitrogens with one attached hydrogen (secondary N) is 1. The highest BCUT2D eigenvalue weighted by molar-refractivity contribution is 5.92. The van der Waals surface area contributed by atoms with Gasteiger partial charge in [0.05, 0.1) is 50.4 Å². The molecular weight excluding hydrogens is 310 g/mol. The van der Waals surface area contributed by atoms with Gasteiger partial charge in [-0.1, -0.05) is 0 Å². The van der Waals surface area contributed by atoms with E-state index in [1.165, 1.54) is 0 Å². The van der Waals surface area contributed by atoms with E-state index in [-0.39, 0.29) is 6.10 Å². The van der Waals surface area contributed by atoms with Crippen LogP contribution in [0.3, 0.4) is 0 Å². The Hall–Kier alpha value is -2.45. The van der Waals surface area contributed by atoms with Crippen LogP contribution < -0.4 is 4.74 Å². The van der Waals surface area contributed by atoms with Crippen molar-refractivity contribution in [2.75, 3.05) is 26.4 Å². The Labute approximate surface area is 138 Å². The molecule has 4 heterocycles. The maximum atomic E-state index is 5.75. The fourth-order valence-corrected chi connectivity index (χ4v) is 2.62. The molecule has 0 aromatic carbocycles. The van der Waals surface area contributed by atoms with Gasteiger partial charge >= 0.3 is 0 Å². The molecule has 0 amide bonds. The second-order valence-corrected chi connectivity index (χ2v) is 5.74. The first-order valence-corrected chi connectivity index (χ1v) is 7.99. The Kier molecular flexibility index (Phi) is 4.14. The topological polar surface area (TPSA) is 87.1 Å². The van der Waals surface area contributed by atoms with Gasteiger partial charge in [0.2, 0.25) is 5.88 Å². The molecule has 0 saturated heterocycles. The number of aromatic nitrogens is 5. The van der Waals surface area contributed by atoms with Crippen molar-refractivity contribution in [1.82, 2.24) is 25.0 Å². The minimum Gasteiger partial charge on any atom is -0.475 e. The molecule has 1 N–H and O–H groups in total. The Morgan fingerprint density at radius 2 is 2.21 bits per heavy atom. The predicted molar refractivity (Wildman–Crippen MR) is 86.8 cm³/mol. The summed E-state index contributed by atoms with van der Waals surface area (Å²) in [7, 11) is 0. The summed E-state index contributed by atoms with van der Waals surface area (Å²) in [6.45, 7) is 4.76. The van der Waals surface area contributed by atoms with Gasteiger partial charge in [-0.25, -0.2) is 4.98 Å². The number of aromatic amines is 1. The molecule has 0 radical (unpaired) electrons. The predicted octanol–water partition coefficient (Wildman–Crippen LogP) is 1.64.